The molecule has 0 spiro atoms. The van der Waals surface area contributed by atoms with Gasteiger partial charge in [0.1, 0.15) is 5.52 Å². The molecule has 6 heteroatoms. The van der Waals surface area contributed by atoms with Crippen LogP contribution in [0.5, 0.6) is 0 Å². The van der Waals surface area contributed by atoms with E-state index in [1.165, 1.54) is 4.57 Å². The van der Waals surface area contributed by atoms with E-state index in [0.717, 1.165) is 5.56 Å². The first-order valence-electron chi connectivity index (χ1n) is 7.84. The van der Waals surface area contributed by atoms with E-state index in [2.05, 4.69) is 21.8 Å². The van der Waals surface area contributed by atoms with Crippen molar-refractivity contribution in [3.8, 4) is 11.8 Å². The van der Waals surface area contributed by atoms with Gasteiger partial charge < -0.3 is 14.3 Å². The Bertz CT molecular complexity index is 1070. The van der Waals surface area contributed by atoms with Gasteiger partial charge in [0.25, 0.3) is 5.56 Å². The number of aromatic nitrogens is 3. The molecule has 25 heavy (non-hydrogen) atoms. The lowest BCUT2D eigenvalue weighted by Gasteiger charge is -2.04. The van der Waals surface area contributed by atoms with E-state index in [0.29, 0.717) is 27.7 Å². The molecule has 0 saturated heterocycles. The maximum absolute atomic E-state index is 12.4. The third-order valence-corrected chi connectivity index (χ3v) is 3.80. The molecule has 0 aromatic carbocycles. The summed E-state index contributed by atoms with van der Waals surface area (Å²) < 4.78 is 6.58. The molecule has 3 rings (SSSR count). The lowest BCUT2D eigenvalue weighted by Crippen LogP contribution is -2.17. The van der Waals surface area contributed by atoms with Crippen molar-refractivity contribution in [1.29, 1.82) is 0 Å². The zero-order valence-electron chi connectivity index (χ0n) is 14.2. The molecule has 0 aliphatic heterocycles. The van der Waals surface area contributed by atoms with E-state index in [9.17, 15) is 9.59 Å². The number of carbonyl (C=O) groups is 1. The zero-order valence-corrected chi connectivity index (χ0v) is 14.2. The van der Waals surface area contributed by atoms with Crippen LogP contribution in [0.3, 0.4) is 0 Å². The molecule has 0 atom stereocenters. The van der Waals surface area contributed by atoms with Gasteiger partial charge in [0.15, 0.2) is 0 Å². The summed E-state index contributed by atoms with van der Waals surface area (Å²) in [5, 5.41) is 0.496. The van der Waals surface area contributed by atoms with Gasteiger partial charge in [-0.15, -0.1) is 0 Å². The van der Waals surface area contributed by atoms with E-state index < -0.39 is 5.97 Å². The minimum absolute atomic E-state index is 0.222. The highest BCUT2D eigenvalue weighted by Crippen LogP contribution is 2.24. The lowest BCUT2D eigenvalue weighted by molar-refractivity contribution is 0.0528. The van der Waals surface area contributed by atoms with Crippen molar-refractivity contribution >= 4 is 16.9 Å². The van der Waals surface area contributed by atoms with Crippen LogP contribution in [0.25, 0.3) is 10.9 Å². The molecule has 6 nitrogen and oxygen atoms in total. The van der Waals surface area contributed by atoms with Crippen LogP contribution < -0.4 is 5.56 Å². The van der Waals surface area contributed by atoms with E-state index in [4.69, 9.17) is 4.74 Å². The third kappa shape index (κ3) is 3.04. The van der Waals surface area contributed by atoms with Crippen molar-refractivity contribution in [1.82, 2.24) is 14.5 Å². The second kappa shape index (κ2) is 6.65. The standard InChI is InChI=1S/C19H17N3O3/c1-4-25-19(24)15-12(2)21-17-16(15)14(11-22(3)18(17)23)8-7-13-6-5-9-20-10-13/h5-6,9-11,21H,4H2,1-3H3. The Hall–Kier alpha value is -3.33. The van der Waals surface area contributed by atoms with Crippen LogP contribution in [0.15, 0.2) is 35.5 Å². The topological polar surface area (TPSA) is 77.0 Å². The Morgan fingerprint density at radius 3 is 2.88 bits per heavy atom. The quantitative estimate of drug-likeness (QED) is 0.575. The highest BCUT2D eigenvalue weighted by atomic mass is 16.5. The summed E-state index contributed by atoms with van der Waals surface area (Å²) in [5.41, 5.74) is 2.38. The van der Waals surface area contributed by atoms with Crippen LogP contribution in [-0.4, -0.2) is 27.1 Å². The number of hydrogen-bond acceptors (Lipinski definition) is 4. The highest BCUT2D eigenvalue weighted by Gasteiger charge is 2.21. The van der Waals surface area contributed by atoms with Gasteiger partial charge in [-0.1, -0.05) is 11.8 Å². The fourth-order valence-electron chi connectivity index (χ4n) is 2.68. The summed E-state index contributed by atoms with van der Waals surface area (Å²) in [6.45, 7) is 3.74. The van der Waals surface area contributed by atoms with Crippen LogP contribution in [0, 0.1) is 18.8 Å². The fraction of sp³-hybridized carbons (Fsp3) is 0.211. The molecule has 0 fully saturated rings. The number of ether oxygens (including phenoxy) is 1. The lowest BCUT2D eigenvalue weighted by atomic mass is 10.1. The minimum atomic E-state index is -0.469. The predicted octanol–water partition coefficient (Wildman–Crippen LogP) is 2.15. The summed E-state index contributed by atoms with van der Waals surface area (Å²) in [6, 6.07) is 3.64. The number of fused-ring (bicyclic) bond motifs is 1. The molecule has 0 bridgehead atoms. The minimum Gasteiger partial charge on any atom is -0.462 e. The van der Waals surface area contributed by atoms with Gasteiger partial charge in [0.05, 0.1) is 17.7 Å². The molecule has 0 unspecified atom stereocenters. The number of esters is 1. The molecule has 0 aliphatic carbocycles. The molecule has 0 amide bonds. The second-order valence-electron chi connectivity index (χ2n) is 5.55. The van der Waals surface area contributed by atoms with Crippen LogP contribution in [0.2, 0.25) is 0 Å². The summed E-state index contributed by atoms with van der Waals surface area (Å²) in [7, 11) is 1.65. The van der Waals surface area contributed by atoms with E-state index in [1.807, 2.05) is 6.07 Å². The third-order valence-electron chi connectivity index (χ3n) is 3.80. The fourth-order valence-corrected chi connectivity index (χ4v) is 2.68. The Morgan fingerprint density at radius 1 is 1.40 bits per heavy atom. The summed E-state index contributed by atoms with van der Waals surface area (Å²) >= 11 is 0. The molecule has 3 aromatic rings. The van der Waals surface area contributed by atoms with Crippen molar-refractivity contribution in [2.75, 3.05) is 6.61 Å². The molecule has 0 radical (unpaired) electrons. The molecule has 0 aliphatic rings. The molecule has 1 N–H and O–H groups in total. The van der Waals surface area contributed by atoms with Crippen molar-refractivity contribution < 1.29 is 9.53 Å². The molecule has 3 heterocycles. The van der Waals surface area contributed by atoms with Gasteiger partial charge in [0.2, 0.25) is 0 Å². The average Bonchev–Trinajstić information content (AvgIpc) is 2.95. The number of pyridine rings is 2. The van der Waals surface area contributed by atoms with Gasteiger partial charge in [0, 0.05) is 42.3 Å². The van der Waals surface area contributed by atoms with Crippen molar-refractivity contribution in [3.05, 3.63) is 63.5 Å². The number of nitrogens with one attached hydrogen (secondary N) is 1. The van der Waals surface area contributed by atoms with E-state index >= 15 is 0 Å². The molecular weight excluding hydrogens is 318 g/mol. The van der Waals surface area contributed by atoms with E-state index in [1.54, 1.807) is 45.6 Å². The van der Waals surface area contributed by atoms with Gasteiger partial charge in [-0.05, 0) is 26.0 Å². The Labute approximate surface area is 144 Å². The van der Waals surface area contributed by atoms with Gasteiger partial charge >= 0.3 is 5.97 Å². The molecular formula is C19H17N3O3. The van der Waals surface area contributed by atoms with Crippen LogP contribution in [0.1, 0.15) is 34.1 Å². The number of aromatic amines is 1. The number of carbonyl (C=O) groups excluding carboxylic acids is 1. The Morgan fingerprint density at radius 2 is 2.20 bits per heavy atom. The highest BCUT2D eigenvalue weighted by molar-refractivity contribution is 6.07. The first-order chi connectivity index (χ1) is 12.0. The van der Waals surface area contributed by atoms with Crippen LogP contribution >= 0.6 is 0 Å². The van der Waals surface area contributed by atoms with Gasteiger partial charge in [-0.25, -0.2) is 4.79 Å². The van der Waals surface area contributed by atoms with E-state index in [-0.39, 0.29) is 12.2 Å². The number of H-pyrrole nitrogens is 1. The largest absolute Gasteiger partial charge is 0.462 e. The zero-order chi connectivity index (χ0) is 18.0. The first-order valence-corrected chi connectivity index (χ1v) is 7.84. The van der Waals surface area contributed by atoms with Crippen molar-refractivity contribution in [2.24, 2.45) is 7.05 Å². The summed E-state index contributed by atoms with van der Waals surface area (Å²) in [6.07, 6.45) is 4.95. The molecule has 3 aromatic heterocycles. The smallest absolute Gasteiger partial charge is 0.340 e. The monoisotopic (exact) mass is 335 g/mol. The molecule has 126 valence electrons. The van der Waals surface area contributed by atoms with Crippen molar-refractivity contribution in [2.45, 2.75) is 13.8 Å². The number of rotatable bonds is 2. The number of nitrogens with zero attached hydrogens (tertiary/aromatic N) is 2. The summed E-state index contributed by atoms with van der Waals surface area (Å²) in [4.78, 5) is 31.8. The Balaban J connectivity index is 2.28. The van der Waals surface area contributed by atoms with Crippen LogP contribution in [0.4, 0.5) is 0 Å². The molecule has 0 saturated carbocycles. The SMILES string of the molecule is CCOC(=O)c1c(C)[nH]c2c(=O)n(C)cc(C#Cc3cccnc3)c12. The second-order valence-corrected chi connectivity index (χ2v) is 5.55. The average molecular weight is 335 g/mol. The maximum Gasteiger partial charge on any atom is 0.340 e. The van der Waals surface area contributed by atoms with Gasteiger partial charge in [-0.3, -0.25) is 9.78 Å². The Kier molecular flexibility index (Phi) is 4.40. The van der Waals surface area contributed by atoms with Crippen LogP contribution in [-0.2, 0) is 11.8 Å². The maximum atomic E-state index is 12.4. The van der Waals surface area contributed by atoms with Gasteiger partial charge in [-0.2, -0.15) is 0 Å². The summed E-state index contributed by atoms with van der Waals surface area (Å²) in [5.74, 6) is 5.59. The number of aryl methyl sites for hydroxylation is 2. The normalized spacial score (nSPS) is 10.4. The number of hydrogen-bond donors (Lipinski definition) is 1. The predicted molar refractivity (Wildman–Crippen MR) is 94.5 cm³/mol. The first kappa shape index (κ1) is 16.5. The van der Waals surface area contributed by atoms with Crippen molar-refractivity contribution in [3.63, 3.8) is 0 Å².